The molecule has 0 fully saturated rings. The van der Waals surface area contributed by atoms with Crippen molar-refractivity contribution in [1.82, 2.24) is 10.1 Å². The average molecular weight is 266 g/mol. The van der Waals surface area contributed by atoms with Gasteiger partial charge in [-0.3, -0.25) is 4.79 Å². The number of hydrogen-bond donors (Lipinski definition) is 0. The predicted molar refractivity (Wildman–Crippen MR) is 76.2 cm³/mol. The lowest BCUT2D eigenvalue weighted by atomic mass is 10.0. The maximum Gasteiger partial charge on any atom is 0.234 e. The molecule has 2 aromatic carbocycles. The van der Waals surface area contributed by atoms with Crippen molar-refractivity contribution < 1.29 is 9.32 Å². The third kappa shape index (κ3) is 2.32. The molecule has 0 saturated carbocycles. The van der Waals surface area contributed by atoms with E-state index < -0.39 is 0 Å². The number of aromatic nitrogens is 2. The maximum absolute atomic E-state index is 11.4. The number of nitrogens with zero attached hydrogens (tertiary/aromatic N) is 2. The van der Waals surface area contributed by atoms with E-state index in [1.165, 1.54) is 0 Å². The summed E-state index contributed by atoms with van der Waals surface area (Å²) in [5.74, 6) is 0.999. The van der Waals surface area contributed by atoms with Crippen LogP contribution in [0.25, 0.3) is 22.2 Å². The van der Waals surface area contributed by atoms with E-state index in [1.807, 2.05) is 49.4 Å². The zero-order chi connectivity index (χ0) is 13.9. The Morgan fingerprint density at radius 1 is 1.15 bits per heavy atom. The van der Waals surface area contributed by atoms with Crippen LogP contribution in [-0.4, -0.2) is 15.9 Å². The van der Waals surface area contributed by atoms with Gasteiger partial charge in [0.1, 0.15) is 5.78 Å². The molecule has 0 aliphatic heterocycles. The first-order valence-electron chi connectivity index (χ1n) is 6.60. The summed E-state index contributed by atoms with van der Waals surface area (Å²) in [7, 11) is 0. The minimum atomic E-state index is 0.0955. The van der Waals surface area contributed by atoms with E-state index in [9.17, 15) is 4.79 Å². The van der Waals surface area contributed by atoms with Crippen LogP contribution in [0.15, 0.2) is 47.0 Å². The van der Waals surface area contributed by atoms with Gasteiger partial charge in [-0.05, 0) is 10.8 Å². The summed E-state index contributed by atoms with van der Waals surface area (Å²) in [6.07, 6.45) is 0.681. The van der Waals surface area contributed by atoms with E-state index in [0.29, 0.717) is 18.1 Å². The van der Waals surface area contributed by atoms with Crippen molar-refractivity contribution in [3.05, 3.63) is 48.4 Å². The predicted octanol–water partition coefficient (Wildman–Crippen LogP) is 3.41. The van der Waals surface area contributed by atoms with E-state index in [4.69, 9.17) is 4.52 Å². The third-order valence-corrected chi connectivity index (χ3v) is 3.24. The first kappa shape index (κ1) is 12.5. The summed E-state index contributed by atoms with van der Waals surface area (Å²) in [6.45, 7) is 1.82. The Kier molecular flexibility index (Phi) is 3.29. The van der Waals surface area contributed by atoms with E-state index in [0.717, 1.165) is 16.3 Å². The van der Waals surface area contributed by atoms with Gasteiger partial charge >= 0.3 is 0 Å². The van der Waals surface area contributed by atoms with Crippen LogP contribution >= 0.6 is 0 Å². The van der Waals surface area contributed by atoms with E-state index in [2.05, 4.69) is 10.1 Å². The quantitative estimate of drug-likeness (QED) is 0.726. The van der Waals surface area contributed by atoms with E-state index >= 15 is 0 Å². The molecule has 0 N–H and O–H groups in total. The minimum absolute atomic E-state index is 0.0955. The molecule has 0 unspecified atom stereocenters. The number of carbonyl (C=O) groups is 1. The molecule has 0 aliphatic rings. The van der Waals surface area contributed by atoms with Crippen LogP contribution in [-0.2, 0) is 11.2 Å². The first-order valence-corrected chi connectivity index (χ1v) is 6.60. The summed E-state index contributed by atoms with van der Waals surface area (Å²) >= 11 is 0. The van der Waals surface area contributed by atoms with E-state index in [1.54, 1.807) is 0 Å². The lowest BCUT2D eigenvalue weighted by Gasteiger charge is -2.01. The van der Waals surface area contributed by atoms with Crippen molar-refractivity contribution >= 4 is 16.6 Å². The lowest BCUT2D eigenvalue weighted by molar-refractivity contribution is -0.118. The molecule has 0 saturated heterocycles. The number of ketones is 1. The van der Waals surface area contributed by atoms with Crippen LogP contribution in [0.3, 0.4) is 0 Å². The Morgan fingerprint density at radius 3 is 2.80 bits per heavy atom. The SMILES string of the molecule is CCC(=O)Cc1nc(-c2cccc3ccccc23)no1. The molecule has 0 radical (unpaired) electrons. The number of carbonyl (C=O) groups excluding carboxylic acids is 1. The van der Waals surface area contributed by atoms with Gasteiger partial charge in [-0.25, -0.2) is 0 Å². The van der Waals surface area contributed by atoms with Crippen molar-refractivity contribution in [2.24, 2.45) is 0 Å². The molecule has 0 spiro atoms. The van der Waals surface area contributed by atoms with Crippen molar-refractivity contribution in [3.8, 4) is 11.4 Å². The molecule has 20 heavy (non-hydrogen) atoms. The largest absolute Gasteiger partial charge is 0.339 e. The molecule has 3 aromatic rings. The minimum Gasteiger partial charge on any atom is -0.339 e. The van der Waals surface area contributed by atoms with Gasteiger partial charge in [0.15, 0.2) is 0 Å². The van der Waals surface area contributed by atoms with Crippen LogP contribution in [0, 0.1) is 0 Å². The Labute approximate surface area is 116 Å². The molecular formula is C16H14N2O2. The second-order valence-electron chi connectivity index (χ2n) is 4.61. The van der Waals surface area contributed by atoms with Crippen molar-refractivity contribution in [3.63, 3.8) is 0 Å². The zero-order valence-electron chi connectivity index (χ0n) is 11.2. The van der Waals surface area contributed by atoms with Gasteiger partial charge < -0.3 is 4.52 Å². The highest BCUT2D eigenvalue weighted by molar-refractivity contribution is 5.94. The molecule has 1 aromatic heterocycles. The fourth-order valence-corrected chi connectivity index (χ4v) is 2.15. The molecule has 3 rings (SSSR count). The molecule has 1 heterocycles. The smallest absolute Gasteiger partial charge is 0.234 e. The van der Waals surface area contributed by atoms with Crippen LogP contribution in [0.1, 0.15) is 19.2 Å². The van der Waals surface area contributed by atoms with Gasteiger partial charge in [-0.2, -0.15) is 4.98 Å². The molecule has 100 valence electrons. The fourth-order valence-electron chi connectivity index (χ4n) is 2.15. The molecule has 4 nitrogen and oxygen atoms in total. The Balaban J connectivity index is 2.01. The van der Waals surface area contributed by atoms with Crippen molar-refractivity contribution in [2.45, 2.75) is 19.8 Å². The summed E-state index contributed by atoms with van der Waals surface area (Å²) in [4.78, 5) is 15.7. The topological polar surface area (TPSA) is 56.0 Å². The van der Waals surface area contributed by atoms with E-state index in [-0.39, 0.29) is 12.2 Å². The second-order valence-corrected chi connectivity index (χ2v) is 4.61. The summed E-state index contributed by atoms with van der Waals surface area (Å²) in [6, 6.07) is 14.0. The Morgan fingerprint density at radius 2 is 1.95 bits per heavy atom. The average Bonchev–Trinajstić information content (AvgIpc) is 2.94. The highest BCUT2D eigenvalue weighted by atomic mass is 16.5. The number of rotatable bonds is 4. The van der Waals surface area contributed by atoms with Crippen molar-refractivity contribution in [2.75, 3.05) is 0 Å². The van der Waals surface area contributed by atoms with Gasteiger partial charge in [0.2, 0.25) is 11.7 Å². The van der Waals surface area contributed by atoms with Gasteiger partial charge in [0.05, 0.1) is 6.42 Å². The maximum atomic E-state index is 11.4. The van der Waals surface area contributed by atoms with Gasteiger partial charge in [-0.15, -0.1) is 0 Å². The summed E-state index contributed by atoms with van der Waals surface area (Å²) in [5.41, 5.74) is 0.919. The standard InChI is InChI=1S/C16H14N2O2/c1-2-12(19)10-15-17-16(18-20-15)14-9-5-7-11-6-3-4-8-13(11)14/h3-9H,2,10H2,1H3. The molecule has 0 aliphatic carbocycles. The third-order valence-electron chi connectivity index (χ3n) is 3.24. The number of benzene rings is 2. The Hall–Kier alpha value is -2.49. The van der Waals surface area contributed by atoms with Crippen LogP contribution in [0.4, 0.5) is 0 Å². The van der Waals surface area contributed by atoms with Crippen molar-refractivity contribution in [1.29, 1.82) is 0 Å². The lowest BCUT2D eigenvalue weighted by Crippen LogP contribution is -2.00. The Bertz CT molecular complexity index is 757. The number of fused-ring (bicyclic) bond motifs is 1. The zero-order valence-corrected chi connectivity index (χ0v) is 11.2. The fraction of sp³-hybridized carbons (Fsp3) is 0.188. The highest BCUT2D eigenvalue weighted by Gasteiger charge is 2.13. The number of hydrogen-bond acceptors (Lipinski definition) is 4. The normalized spacial score (nSPS) is 10.8. The molecule has 4 heteroatoms. The first-order chi connectivity index (χ1) is 9.78. The van der Waals surface area contributed by atoms with Gasteiger partial charge in [0.25, 0.3) is 0 Å². The molecule has 0 bridgehead atoms. The van der Waals surface area contributed by atoms with Gasteiger partial charge in [-0.1, -0.05) is 54.5 Å². The van der Waals surface area contributed by atoms with Crippen LogP contribution in [0.2, 0.25) is 0 Å². The van der Waals surface area contributed by atoms with Crippen LogP contribution in [0.5, 0.6) is 0 Å². The molecule has 0 atom stereocenters. The molecular weight excluding hydrogens is 252 g/mol. The monoisotopic (exact) mass is 266 g/mol. The second kappa shape index (κ2) is 5.25. The molecule has 0 amide bonds. The summed E-state index contributed by atoms with van der Waals surface area (Å²) in [5, 5.41) is 6.18. The summed E-state index contributed by atoms with van der Waals surface area (Å²) < 4.78 is 5.16. The van der Waals surface area contributed by atoms with Gasteiger partial charge in [0, 0.05) is 12.0 Å². The number of Topliss-reactive ketones (excluding diaryl/α,β-unsaturated/α-hetero) is 1. The van der Waals surface area contributed by atoms with Crippen LogP contribution < -0.4 is 0 Å². The highest BCUT2D eigenvalue weighted by Crippen LogP contribution is 2.26.